The number of hydrogen-bond donors (Lipinski definition) is 0. The van der Waals surface area contributed by atoms with Gasteiger partial charge in [0.2, 0.25) is 0 Å². The van der Waals surface area contributed by atoms with Crippen LogP contribution in [0.3, 0.4) is 0 Å². The Hall–Kier alpha value is -1.07. The first kappa shape index (κ1) is 32.6. The van der Waals surface area contributed by atoms with E-state index >= 15 is 0 Å². The molecule has 6 heteroatoms. The van der Waals surface area contributed by atoms with Crippen molar-refractivity contribution in [3.8, 4) is 0 Å². The molecule has 0 bridgehead atoms. The molecular formula is C5H9BF4N. The van der Waals surface area contributed by atoms with Gasteiger partial charge in [0.15, 0.2) is 0 Å². The molecule has 11 heavy (non-hydrogen) atoms. The predicted octanol–water partition coefficient (Wildman–Crippen LogP) is 1.31. The molecule has 0 saturated carbocycles. The van der Waals surface area contributed by atoms with Crippen molar-refractivity contribution in [3.05, 3.63) is 30.6 Å². The number of pyridine rings is 1. The molecule has 0 spiro atoms. The van der Waals surface area contributed by atoms with E-state index in [0.717, 1.165) is 0 Å². The number of halogens is 4. The van der Waals surface area contributed by atoms with Crippen LogP contribution in [-0.2, 0) is 0 Å². The van der Waals surface area contributed by atoms with Crippen LogP contribution in [0.5, 0.6) is 0 Å². The summed E-state index contributed by atoms with van der Waals surface area (Å²) in [6.45, 7) is 0. The molecule has 0 fully saturated rings. The zero-order valence-electron chi connectivity index (χ0n) is 5.54. The SMILES string of the molecule is F.F.F.F.[B].c1ccncc1. The fraction of sp³-hybridized carbons (Fsp3) is 0. The van der Waals surface area contributed by atoms with E-state index in [0.29, 0.717) is 0 Å². The molecule has 1 aromatic rings. The zero-order valence-corrected chi connectivity index (χ0v) is 5.54. The molecule has 3 radical (unpaired) electrons. The van der Waals surface area contributed by atoms with E-state index in [1.807, 2.05) is 18.2 Å². The van der Waals surface area contributed by atoms with E-state index in [1.54, 1.807) is 12.4 Å². The van der Waals surface area contributed by atoms with Gasteiger partial charge in [0.05, 0.1) is 0 Å². The first-order chi connectivity index (χ1) is 3.00. The van der Waals surface area contributed by atoms with Gasteiger partial charge in [-0.3, -0.25) is 23.8 Å². The molecule has 1 aromatic heterocycles. The lowest BCUT2D eigenvalue weighted by molar-refractivity contribution is 1.11. The van der Waals surface area contributed by atoms with Crippen LogP contribution in [0.15, 0.2) is 30.6 Å². The van der Waals surface area contributed by atoms with Gasteiger partial charge in [-0.05, 0) is 12.1 Å². The van der Waals surface area contributed by atoms with Crippen molar-refractivity contribution in [2.45, 2.75) is 0 Å². The van der Waals surface area contributed by atoms with Crippen molar-refractivity contribution in [3.63, 3.8) is 0 Å². The van der Waals surface area contributed by atoms with Gasteiger partial charge in [0.1, 0.15) is 0 Å². The highest BCUT2D eigenvalue weighted by Crippen LogP contribution is 1.73. The number of aromatic nitrogens is 1. The van der Waals surface area contributed by atoms with Crippen molar-refractivity contribution >= 4 is 8.41 Å². The smallest absolute Gasteiger partial charge is 0.0267 e. The van der Waals surface area contributed by atoms with Crippen LogP contribution in [-0.4, -0.2) is 13.4 Å². The third-order valence-corrected chi connectivity index (χ3v) is 0.566. The Bertz CT molecular complexity index is 90.4. The lowest BCUT2D eigenvalue weighted by Crippen LogP contribution is -1.58. The molecule has 0 atom stereocenters. The first-order valence-corrected chi connectivity index (χ1v) is 1.85. The largest absolute Gasteiger partial charge is 0.269 e. The zero-order chi connectivity index (χ0) is 4.24. The lowest BCUT2D eigenvalue weighted by Gasteiger charge is -1.70. The summed E-state index contributed by atoms with van der Waals surface area (Å²) in [7, 11) is 0. The maximum atomic E-state index is 3.78. The second kappa shape index (κ2) is 23.1. The summed E-state index contributed by atoms with van der Waals surface area (Å²) in [6, 6.07) is 5.72. The van der Waals surface area contributed by atoms with Crippen LogP contribution in [0, 0.1) is 0 Å². The number of nitrogens with zero attached hydrogens (tertiary/aromatic N) is 1. The van der Waals surface area contributed by atoms with Crippen LogP contribution >= 0.6 is 0 Å². The van der Waals surface area contributed by atoms with Crippen molar-refractivity contribution in [2.24, 2.45) is 0 Å². The average Bonchev–Trinajstić information content (AvgIpc) is 1.72. The second-order valence-electron chi connectivity index (χ2n) is 1.02. The first-order valence-electron chi connectivity index (χ1n) is 1.85. The molecule has 0 amide bonds. The van der Waals surface area contributed by atoms with Gasteiger partial charge in [0.25, 0.3) is 0 Å². The van der Waals surface area contributed by atoms with Crippen LogP contribution < -0.4 is 0 Å². The normalized spacial score (nSPS) is 4.36. The fourth-order valence-electron chi connectivity index (χ4n) is 0.313. The summed E-state index contributed by atoms with van der Waals surface area (Å²) < 4.78 is 0. The molecule has 0 aliphatic carbocycles. The number of rotatable bonds is 0. The van der Waals surface area contributed by atoms with Crippen LogP contribution in [0.2, 0.25) is 0 Å². The topological polar surface area (TPSA) is 12.9 Å². The molecule has 0 unspecified atom stereocenters. The molecular weight excluding hydrogens is 161 g/mol. The van der Waals surface area contributed by atoms with E-state index < -0.39 is 0 Å². The molecule has 1 rings (SSSR count). The summed E-state index contributed by atoms with van der Waals surface area (Å²) in [5, 5.41) is 0. The van der Waals surface area contributed by atoms with Crippen LogP contribution in [0.25, 0.3) is 0 Å². The molecule has 1 heterocycles. The van der Waals surface area contributed by atoms with Gasteiger partial charge in [0, 0.05) is 20.8 Å². The summed E-state index contributed by atoms with van der Waals surface area (Å²) in [5.74, 6) is 0. The molecule has 0 aromatic carbocycles. The molecule has 65 valence electrons. The van der Waals surface area contributed by atoms with Gasteiger partial charge in [-0.25, -0.2) is 0 Å². The summed E-state index contributed by atoms with van der Waals surface area (Å²) in [6.07, 6.45) is 3.50. The average molecular weight is 170 g/mol. The molecule has 1 nitrogen and oxygen atoms in total. The summed E-state index contributed by atoms with van der Waals surface area (Å²) >= 11 is 0. The minimum atomic E-state index is 0. The maximum absolute atomic E-state index is 3.78. The Morgan fingerprint density at radius 1 is 0.636 bits per heavy atom. The fourth-order valence-corrected chi connectivity index (χ4v) is 0.313. The summed E-state index contributed by atoms with van der Waals surface area (Å²) in [5.41, 5.74) is 0. The van der Waals surface area contributed by atoms with E-state index in [-0.39, 0.29) is 27.2 Å². The van der Waals surface area contributed by atoms with Crippen molar-refractivity contribution in [2.75, 3.05) is 0 Å². The van der Waals surface area contributed by atoms with E-state index in [2.05, 4.69) is 4.98 Å². The number of hydrogen-bond acceptors (Lipinski definition) is 1. The quantitative estimate of drug-likeness (QED) is 0.422. The minimum Gasteiger partial charge on any atom is -0.269 e. The molecule has 0 saturated heterocycles. The van der Waals surface area contributed by atoms with Crippen molar-refractivity contribution in [1.82, 2.24) is 4.98 Å². The Balaban J connectivity index is -0.0000000240. The van der Waals surface area contributed by atoms with Gasteiger partial charge in [-0.15, -0.1) is 0 Å². The Morgan fingerprint density at radius 2 is 1.00 bits per heavy atom. The van der Waals surface area contributed by atoms with Gasteiger partial charge < -0.3 is 0 Å². The third-order valence-electron chi connectivity index (χ3n) is 0.566. The highest BCUT2D eigenvalue weighted by molar-refractivity contribution is 5.75. The Kier molecular flexibility index (Phi) is 68.4. The van der Waals surface area contributed by atoms with E-state index in [4.69, 9.17) is 0 Å². The third kappa shape index (κ3) is 17.6. The van der Waals surface area contributed by atoms with Gasteiger partial charge >= 0.3 is 0 Å². The highest BCUT2D eigenvalue weighted by Gasteiger charge is 1.58. The van der Waals surface area contributed by atoms with Crippen LogP contribution in [0.4, 0.5) is 18.8 Å². The molecule has 0 N–H and O–H groups in total. The predicted molar refractivity (Wildman–Crippen MR) is 40.0 cm³/mol. The Labute approximate surface area is 63.9 Å². The maximum Gasteiger partial charge on any atom is 0.0267 e. The van der Waals surface area contributed by atoms with Gasteiger partial charge in [-0.2, -0.15) is 0 Å². The van der Waals surface area contributed by atoms with E-state index in [9.17, 15) is 0 Å². The van der Waals surface area contributed by atoms with Crippen molar-refractivity contribution < 1.29 is 18.8 Å². The van der Waals surface area contributed by atoms with Crippen molar-refractivity contribution in [1.29, 1.82) is 0 Å². The van der Waals surface area contributed by atoms with E-state index in [1.165, 1.54) is 0 Å². The minimum absolute atomic E-state index is 0. The van der Waals surface area contributed by atoms with Gasteiger partial charge in [-0.1, -0.05) is 6.07 Å². The molecule has 0 aliphatic rings. The standard InChI is InChI=1S/C5H5N.B.4FH/c1-2-4-6-5-3-1;;;;;/h1-5H;;4*1H. The van der Waals surface area contributed by atoms with Crippen LogP contribution in [0.1, 0.15) is 0 Å². The lowest BCUT2D eigenvalue weighted by atomic mass is 10.5. The molecule has 0 aliphatic heterocycles. The second-order valence-corrected chi connectivity index (χ2v) is 1.02. The monoisotopic (exact) mass is 170 g/mol. The Morgan fingerprint density at radius 3 is 1.09 bits per heavy atom. The summed E-state index contributed by atoms with van der Waals surface area (Å²) in [4.78, 5) is 3.78. The highest BCUT2D eigenvalue weighted by atomic mass is 19.0.